The number of halogens is 1. The molecule has 0 aliphatic rings. The van der Waals surface area contributed by atoms with Crippen LogP contribution in [0.3, 0.4) is 0 Å². The number of aliphatic imine (C=N–C) groups is 1. The second-order valence-electron chi connectivity index (χ2n) is 9.83. The van der Waals surface area contributed by atoms with Crippen LogP contribution in [0.5, 0.6) is 5.75 Å². The van der Waals surface area contributed by atoms with E-state index >= 15 is 0 Å². The second-order valence-corrected chi connectivity index (χ2v) is 12.0. The van der Waals surface area contributed by atoms with Gasteiger partial charge in [0.25, 0.3) is 0 Å². The second kappa shape index (κ2) is 16.3. The normalized spacial score (nSPS) is 13.3. The molecule has 0 amide bonds. The third-order valence-electron chi connectivity index (χ3n) is 5.64. The Kier molecular flexibility index (Phi) is 12.9. The van der Waals surface area contributed by atoms with Gasteiger partial charge in [0.15, 0.2) is 5.82 Å². The first-order chi connectivity index (χ1) is 19.7. The molecule has 0 aliphatic carbocycles. The number of aliphatic hydroxyl groups excluding tert-OH is 1. The van der Waals surface area contributed by atoms with Crippen LogP contribution in [0.25, 0.3) is 16.6 Å². The summed E-state index contributed by atoms with van der Waals surface area (Å²) in [6.45, 7) is 8.25. The average molecular weight is 591 g/mol. The van der Waals surface area contributed by atoms with E-state index in [1.807, 2.05) is 32.9 Å². The molecule has 0 spiro atoms. The van der Waals surface area contributed by atoms with E-state index in [4.69, 9.17) is 24.1 Å². The molecule has 3 aromatic rings. The number of fused-ring (bicyclic) bond motifs is 1. The van der Waals surface area contributed by atoms with E-state index in [0.717, 1.165) is 5.56 Å². The Balaban J connectivity index is 1.72. The molecule has 10 nitrogen and oxygen atoms in total. The van der Waals surface area contributed by atoms with Crippen LogP contribution in [0.4, 0.5) is 10.2 Å². The largest absolute Gasteiger partial charge is 0.490 e. The molecule has 1 aromatic heterocycles. The molecule has 0 saturated carbocycles. The lowest BCUT2D eigenvalue weighted by molar-refractivity contribution is 0.00349. The van der Waals surface area contributed by atoms with Crippen molar-refractivity contribution >= 4 is 39.4 Å². The molecule has 224 valence electrons. The zero-order valence-electron chi connectivity index (χ0n) is 23.9. The minimum Gasteiger partial charge on any atom is -0.490 e. The minimum atomic E-state index is -1.40. The van der Waals surface area contributed by atoms with Gasteiger partial charge in [0.1, 0.15) is 18.2 Å². The number of hydrogen-bond donors (Lipinski definition) is 3. The number of rotatable bonds is 17. The summed E-state index contributed by atoms with van der Waals surface area (Å²) in [5.41, 5.74) is 2.06. The monoisotopic (exact) mass is 590 g/mol. The Morgan fingerprint density at radius 2 is 1.73 bits per heavy atom. The van der Waals surface area contributed by atoms with Gasteiger partial charge in [-0.1, -0.05) is 0 Å². The lowest BCUT2D eigenvalue weighted by atomic mass is 10.1. The Morgan fingerprint density at radius 3 is 2.39 bits per heavy atom. The van der Waals surface area contributed by atoms with E-state index in [1.54, 1.807) is 31.5 Å². The number of aliphatic hydroxyl groups is 1. The van der Waals surface area contributed by atoms with Crippen molar-refractivity contribution in [2.45, 2.75) is 30.4 Å². The molecule has 0 aliphatic heterocycles. The van der Waals surface area contributed by atoms with Crippen molar-refractivity contribution in [1.29, 1.82) is 0 Å². The first-order valence-corrected chi connectivity index (χ1v) is 14.5. The van der Waals surface area contributed by atoms with E-state index in [2.05, 4.69) is 20.5 Å². The SMILES string of the molecule is CN=C/C=C(/Nc1n[nH]c2ccc(F)cc12)c1ccc(OCCOCCOCCOCCO)c(S(=O)C(C)(C)C)c1. The highest BCUT2D eigenvalue weighted by molar-refractivity contribution is 7.86. The van der Waals surface area contributed by atoms with Crippen molar-refractivity contribution in [2.24, 2.45) is 4.99 Å². The van der Waals surface area contributed by atoms with Gasteiger partial charge < -0.3 is 29.4 Å². The van der Waals surface area contributed by atoms with E-state index in [9.17, 15) is 8.60 Å². The Hall–Kier alpha value is -3.16. The first-order valence-electron chi connectivity index (χ1n) is 13.3. The number of aromatic amines is 1. The molecule has 0 bridgehead atoms. The molecule has 0 fully saturated rings. The van der Waals surface area contributed by atoms with E-state index in [-0.39, 0.29) is 19.0 Å². The summed E-state index contributed by atoms with van der Waals surface area (Å²) in [5.74, 6) is 0.582. The Bertz CT molecular complexity index is 1340. The summed E-state index contributed by atoms with van der Waals surface area (Å²) in [5, 5.41) is 19.7. The summed E-state index contributed by atoms with van der Waals surface area (Å²) in [7, 11) is 0.262. The highest BCUT2D eigenvalue weighted by Crippen LogP contribution is 2.33. The number of nitrogens with one attached hydrogen (secondary N) is 2. The zero-order valence-corrected chi connectivity index (χ0v) is 24.8. The zero-order chi connectivity index (χ0) is 29.7. The van der Waals surface area contributed by atoms with Gasteiger partial charge in [-0.2, -0.15) is 5.10 Å². The van der Waals surface area contributed by atoms with Gasteiger partial charge in [0, 0.05) is 29.1 Å². The molecular weight excluding hydrogens is 551 g/mol. The van der Waals surface area contributed by atoms with Crippen LogP contribution >= 0.6 is 0 Å². The number of anilines is 1. The molecule has 1 heterocycles. The smallest absolute Gasteiger partial charge is 0.160 e. The maximum absolute atomic E-state index is 13.9. The molecular formula is C29H39FN4O6S. The minimum absolute atomic E-state index is 0.00980. The van der Waals surface area contributed by atoms with Crippen molar-refractivity contribution < 1.29 is 32.7 Å². The lowest BCUT2D eigenvalue weighted by Crippen LogP contribution is -2.23. The number of allylic oxidation sites excluding steroid dienone is 1. The molecule has 3 rings (SSSR count). The topological polar surface area (TPSA) is 127 Å². The van der Waals surface area contributed by atoms with Crippen molar-refractivity contribution in [3.05, 3.63) is 53.9 Å². The van der Waals surface area contributed by atoms with Crippen LogP contribution in [0.2, 0.25) is 0 Å². The number of benzene rings is 2. The highest BCUT2D eigenvalue weighted by Gasteiger charge is 2.25. The fourth-order valence-corrected chi connectivity index (χ4v) is 4.86. The maximum atomic E-state index is 13.9. The van der Waals surface area contributed by atoms with Gasteiger partial charge in [-0.15, -0.1) is 0 Å². The van der Waals surface area contributed by atoms with E-state index in [1.165, 1.54) is 12.1 Å². The molecule has 41 heavy (non-hydrogen) atoms. The maximum Gasteiger partial charge on any atom is 0.160 e. The van der Waals surface area contributed by atoms with E-state index in [0.29, 0.717) is 72.7 Å². The molecule has 0 radical (unpaired) electrons. The van der Waals surface area contributed by atoms with Crippen LogP contribution in [0.15, 0.2) is 52.4 Å². The van der Waals surface area contributed by atoms with Gasteiger partial charge in [-0.3, -0.25) is 14.3 Å². The first kappa shape index (κ1) is 32.4. The fourth-order valence-electron chi connectivity index (χ4n) is 3.65. The lowest BCUT2D eigenvalue weighted by Gasteiger charge is -2.21. The molecule has 1 atom stereocenters. The van der Waals surface area contributed by atoms with Crippen LogP contribution in [0, 0.1) is 5.82 Å². The molecule has 1 unspecified atom stereocenters. The van der Waals surface area contributed by atoms with Crippen LogP contribution < -0.4 is 10.1 Å². The summed E-state index contributed by atoms with van der Waals surface area (Å²) in [6.07, 6.45) is 3.40. The number of ether oxygens (including phenoxy) is 4. The average Bonchev–Trinajstić information content (AvgIpc) is 3.34. The number of aromatic nitrogens is 2. The summed E-state index contributed by atoms with van der Waals surface area (Å²) >= 11 is 0. The van der Waals surface area contributed by atoms with Gasteiger partial charge in [0.2, 0.25) is 0 Å². The Labute approximate surface area is 242 Å². The highest BCUT2D eigenvalue weighted by atomic mass is 32.2. The Morgan fingerprint density at radius 1 is 1.05 bits per heavy atom. The van der Waals surface area contributed by atoms with Crippen LogP contribution in [-0.2, 0) is 25.0 Å². The number of H-pyrrole nitrogens is 1. The van der Waals surface area contributed by atoms with Crippen molar-refractivity contribution in [1.82, 2.24) is 10.2 Å². The van der Waals surface area contributed by atoms with Crippen molar-refractivity contribution in [3.63, 3.8) is 0 Å². The van der Waals surface area contributed by atoms with Gasteiger partial charge >= 0.3 is 0 Å². The quantitative estimate of drug-likeness (QED) is 0.158. The third-order valence-corrected chi connectivity index (χ3v) is 7.47. The number of nitrogens with zero attached hydrogens (tertiary/aromatic N) is 2. The van der Waals surface area contributed by atoms with Gasteiger partial charge in [-0.25, -0.2) is 4.39 Å². The summed E-state index contributed by atoms with van der Waals surface area (Å²) in [6, 6.07) is 9.86. The summed E-state index contributed by atoms with van der Waals surface area (Å²) < 4.78 is 49.0. The molecule has 3 N–H and O–H groups in total. The van der Waals surface area contributed by atoms with Gasteiger partial charge in [0.05, 0.1) is 67.5 Å². The molecule has 12 heteroatoms. The van der Waals surface area contributed by atoms with Crippen LogP contribution in [0.1, 0.15) is 26.3 Å². The molecule has 0 saturated heterocycles. The number of hydrogen-bond acceptors (Lipinski definition) is 9. The van der Waals surface area contributed by atoms with Gasteiger partial charge in [-0.05, 0) is 68.8 Å². The summed E-state index contributed by atoms with van der Waals surface area (Å²) in [4.78, 5) is 4.60. The van der Waals surface area contributed by atoms with Crippen molar-refractivity contribution in [2.75, 3.05) is 65.2 Å². The van der Waals surface area contributed by atoms with Crippen molar-refractivity contribution in [3.8, 4) is 5.75 Å². The third kappa shape index (κ3) is 10.0. The predicted octanol–water partition coefficient (Wildman–Crippen LogP) is 4.18. The standard InChI is InChI=1S/C29H39FN4O6S/c1-29(2,3)41(36)27-19-21(5-8-26(27)40-18-17-39-16-15-38-14-13-37-12-11-35)24(9-10-31-4)32-28-23-20-22(30)6-7-25(23)33-34-28/h5-10,19-20,35H,11-18H2,1-4H3,(H2,32,33,34)/b24-9+,31-10?. The van der Waals surface area contributed by atoms with Crippen LogP contribution in [-0.4, -0.2) is 90.4 Å². The fraction of sp³-hybridized carbons (Fsp3) is 0.448. The predicted molar refractivity (Wildman–Crippen MR) is 160 cm³/mol. The molecule has 2 aromatic carbocycles. The van der Waals surface area contributed by atoms with E-state index < -0.39 is 15.5 Å².